The van der Waals surface area contributed by atoms with Gasteiger partial charge in [0.15, 0.2) is 9.84 Å². The number of amides is 1. The molecule has 1 rings (SSSR count). The zero-order valence-electron chi connectivity index (χ0n) is 9.79. The number of carbonyl (C=O) groups excluding carboxylic acids is 1. The van der Waals surface area contributed by atoms with Crippen LogP contribution < -0.4 is 5.32 Å². The highest BCUT2D eigenvalue weighted by Crippen LogP contribution is 2.21. The Hall–Kier alpha value is -0.290. The molecule has 94 valence electrons. The van der Waals surface area contributed by atoms with E-state index in [1.54, 1.807) is 0 Å². The summed E-state index contributed by atoms with van der Waals surface area (Å²) in [6.07, 6.45) is 0.368. The van der Waals surface area contributed by atoms with Crippen LogP contribution in [-0.4, -0.2) is 37.2 Å². The minimum atomic E-state index is -3.08. The normalized spacial score (nSPS) is 29.0. The first-order valence-corrected chi connectivity index (χ1v) is 7.49. The molecule has 1 amide bonds. The quantitative estimate of drug-likeness (QED) is 0.758. The number of alkyl halides is 1. The number of nitrogens with one attached hydrogen (secondary N) is 1. The summed E-state index contributed by atoms with van der Waals surface area (Å²) in [6.45, 7) is 5.86. The summed E-state index contributed by atoms with van der Waals surface area (Å²) in [7, 11) is -3.08. The highest BCUT2D eigenvalue weighted by atomic mass is 35.5. The molecule has 0 bridgehead atoms. The van der Waals surface area contributed by atoms with Crippen molar-refractivity contribution in [3.05, 3.63) is 0 Å². The first-order chi connectivity index (χ1) is 7.09. The average Bonchev–Trinajstić information content (AvgIpc) is 2.19. The Morgan fingerprint density at radius 1 is 1.38 bits per heavy atom. The molecule has 0 aromatic carbocycles. The largest absolute Gasteiger partial charge is 0.351 e. The van der Waals surface area contributed by atoms with E-state index >= 15 is 0 Å². The van der Waals surface area contributed by atoms with Crippen molar-refractivity contribution in [1.29, 1.82) is 0 Å². The molecule has 0 radical (unpaired) electrons. The molecule has 1 aliphatic rings. The fourth-order valence-electron chi connectivity index (χ4n) is 1.68. The molecule has 0 aromatic rings. The number of hydrogen-bond acceptors (Lipinski definition) is 3. The summed E-state index contributed by atoms with van der Waals surface area (Å²) in [6, 6.07) is -0.443. The van der Waals surface area contributed by atoms with Crippen molar-refractivity contribution in [3.8, 4) is 0 Å². The molecule has 1 aliphatic heterocycles. The smallest absolute Gasteiger partial charge is 0.220 e. The maximum absolute atomic E-state index is 11.6. The molecule has 0 aliphatic carbocycles. The van der Waals surface area contributed by atoms with Gasteiger partial charge < -0.3 is 5.32 Å². The number of carbonyl (C=O) groups is 1. The van der Waals surface area contributed by atoms with E-state index in [0.717, 1.165) is 0 Å². The van der Waals surface area contributed by atoms with Gasteiger partial charge in [-0.25, -0.2) is 8.42 Å². The molecule has 4 nitrogen and oxygen atoms in total. The Kier molecular flexibility index (Phi) is 3.90. The van der Waals surface area contributed by atoms with Crippen LogP contribution in [0.2, 0.25) is 0 Å². The minimum Gasteiger partial charge on any atom is -0.351 e. The second-order valence-electron chi connectivity index (χ2n) is 5.50. The average molecular weight is 268 g/mol. The van der Waals surface area contributed by atoms with E-state index in [-0.39, 0.29) is 22.8 Å². The van der Waals surface area contributed by atoms with Gasteiger partial charge in [-0.2, -0.15) is 0 Å². The van der Waals surface area contributed by atoms with E-state index < -0.39 is 21.3 Å². The van der Waals surface area contributed by atoms with Gasteiger partial charge in [-0.3, -0.25) is 4.79 Å². The topological polar surface area (TPSA) is 63.2 Å². The molecular weight excluding hydrogens is 250 g/mol. The number of halogens is 1. The third kappa shape index (κ3) is 4.29. The molecule has 1 fully saturated rings. The molecule has 0 unspecified atom stereocenters. The molecule has 1 heterocycles. The maximum atomic E-state index is 11.6. The summed E-state index contributed by atoms with van der Waals surface area (Å²) in [5.74, 6) is -0.230. The lowest BCUT2D eigenvalue weighted by molar-refractivity contribution is -0.123. The highest BCUT2D eigenvalue weighted by Gasteiger charge is 2.37. The van der Waals surface area contributed by atoms with Gasteiger partial charge in [0.05, 0.1) is 22.9 Å². The molecular formula is C10H18ClNO3S. The van der Waals surface area contributed by atoms with Gasteiger partial charge in [0.2, 0.25) is 5.91 Å². The van der Waals surface area contributed by atoms with Gasteiger partial charge in [0.1, 0.15) is 0 Å². The van der Waals surface area contributed by atoms with E-state index in [2.05, 4.69) is 5.32 Å². The van der Waals surface area contributed by atoms with E-state index in [4.69, 9.17) is 11.6 Å². The molecule has 1 N–H and O–H groups in total. The monoisotopic (exact) mass is 267 g/mol. The Bertz CT molecular complexity index is 372. The fourth-order valence-corrected chi connectivity index (χ4v) is 4.23. The van der Waals surface area contributed by atoms with E-state index in [1.807, 2.05) is 20.8 Å². The van der Waals surface area contributed by atoms with Crippen LogP contribution in [0.15, 0.2) is 0 Å². The highest BCUT2D eigenvalue weighted by molar-refractivity contribution is 7.91. The van der Waals surface area contributed by atoms with Crippen LogP contribution >= 0.6 is 11.6 Å². The van der Waals surface area contributed by atoms with Crippen LogP contribution in [0.3, 0.4) is 0 Å². The standard InChI is InChI=1S/C10H18ClNO3S/c1-10(2,3)4-9(13)12-8-6-16(14,15)5-7(8)11/h7-8H,4-6H2,1-3H3,(H,12,13)/t7-,8+/m0/s1. The lowest BCUT2D eigenvalue weighted by Gasteiger charge is -2.20. The van der Waals surface area contributed by atoms with Crippen molar-refractivity contribution in [2.45, 2.75) is 38.6 Å². The Balaban J connectivity index is 2.53. The Labute approximate surface area is 102 Å². The number of rotatable bonds is 2. The Morgan fingerprint density at radius 2 is 1.94 bits per heavy atom. The summed E-state index contributed by atoms with van der Waals surface area (Å²) >= 11 is 5.88. The third-order valence-corrected chi connectivity index (χ3v) is 4.70. The summed E-state index contributed by atoms with van der Waals surface area (Å²) in [5.41, 5.74) is -0.108. The fraction of sp³-hybridized carbons (Fsp3) is 0.900. The van der Waals surface area contributed by atoms with Crippen molar-refractivity contribution in [2.24, 2.45) is 5.41 Å². The van der Waals surface area contributed by atoms with Crippen molar-refractivity contribution < 1.29 is 13.2 Å². The molecule has 6 heteroatoms. The van der Waals surface area contributed by atoms with Gasteiger partial charge in [-0.15, -0.1) is 11.6 Å². The second kappa shape index (κ2) is 4.53. The first-order valence-electron chi connectivity index (χ1n) is 5.23. The molecule has 0 saturated carbocycles. The maximum Gasteiger partial charge on any atom is 0.220 e. The van der Waals surface area contributed by atoms with Gasteiger partial charge in [0, 0.05) is 6.42 Å². The number of sulfone groups is 1. The van der Waals surface area contributed by atoms with Gasteiger partial charge in [-0.1, -0.05) is 20.8 Å². The lowest BCUT2D eigenvalue weighted by atomic mass is 9.92. The van der Waals surface area contributed by atoms with Crippen LogP contribution in [0.4, 0.5) is 0 Å². The zero-order chi connectivity index (χ0) is 12.6. The van der Waals surface area contributed by atoms with Crippen LogP contribution in [0.1, 0.15) is 27.2 Å². The molecule has 0 spiro atoms. The van der Waals surface area contributed by atoms with Gasteiger partial charge >= 0.3 is 0 Å². The van der Waals surface area contributed by atoms with Crippen molar-refractivity contribution in [2.75, 3.05) is 11.5 Å². The van der Waals surface area contributed by atoms with Crippen molar-refractivity contribution >= 4 is 27.3 Å². The number of hydrogen-bond donors (Lipinski definition) is 1. The van der Waals surface area contributed by atoms with Crippen LogP contribution in [-0.2, 0) is 14.6 Å². The van der Waals surface area contributed by atoms with E-state index in [9.17, 15) is 13.2 Å². The molecule has 2 atom stereocenters. The van der Waals surface area contributed by atoms with Gasteiger partial charge in [0.25, 0.3) is 0 Å². The minimum absolute atomic E-state index is 0.0446. The third-order valence-electron chi connectivity index (χ3n) is 2.32. The van der Waals surface area contributed by atoms with Crippen molar-refractivity contribution in [3.63, 3.8) is 0 Å². The van der Waals surface area contributed by atoms with E-state index in [0.29, 0.717) is 6.42 Å². The summed E-state index contributed by atoms with van der Waals surface area (Å²) in [5, 5.41) is 2.19. The summed E-state index contributed by atoms with van der Waals surface area (Å²) < 4.78 is 22.6. The second-order valence-corrected chi connectivity index (χ2v) is 8.22. The first kappa shape index (κ1) is 13.8. The lowest BCUT2D eigenvalue weighted by Crippen LogP contribution is -2.41. The van der Waals surface area contributed by atoms with Crippen molar-refractivity contribution in [1.82, 2.24) is 5.32 Å². The Morgan fingerprint density at radius 3 is 2.31 bits per heavy atom. The predicted molar refractivity (Wildman–Crippen MR) is 64.3 cm³/mol. The molecule has 0 aromatic heterocycles. The van der Waals surface area contributed by atoms with Gasteiger partial charge in [-0.05, 0) is 5.41 Å². The zero-order valence-corrected chi connectivity index (χ0v) is 11.4. The molecule has 16 heavy (non-hydrogen) atoms. The van der Waals surface area contributed by atoms with Crippen LogP contribution in [0, 0.1) is 5.41 Å². The summed E-state index contributed by atoms with van der Waals surface area (Å²) in [4.78, 5) is 11.6. The van der Waals surface area contributed by atoms with Crippen LogP contribution in [0.5, 0.6) is 0 Å². The van der Waals surface area contributed by atoms with E-state index in [1.165, 1.54) is 0 Å². The van der Waals surface area contributed by atoms with Crippen LogP contribution in [0.25, 0.3) is 0 Å². The molecule has 1 saturated heterocycles. The SMILES string of the molecule is CC(C)(C)CC(=O)N[C@@H]1CS(=O)(=O)C[C@@H]1Cl. The predicted octanol–water partition coefficient (Wildman–Crippen LogP) is 0.943.